The molecule has 14 aliphatic rings. The second kappa shape index (κ2) is 15.5. The number of ether oxygens (including phenoxy) is 9. The summed E-state index contributed by atoms with van der Waals surface area (Å²) in [7, 11) is 5.05. The van der Waals surface area contributed by atoms with Crippen molar-refractivity contribution in [3.8, 4) is 51.7 Å². The van der Waals surface area contributed by atoms with Crippen LogP contribution >= 0.6 is 0 Å². The van der Waals surface area contributed by atoms with E-state index in [9.17, 15) is 0 Å². The minimum absolute atomic E-state index is 0.000592. The lowest BCUT2D eigenvalue weighted by atomic mass is 9.92. The van der Waals surface area contributed by atoms with E-state index in [-0.39, 0.29) is 13.6 Å². The van der Waals surface area contributed by atoms with E-state index in [0.717, 1.165) is 78.4 Å². The van der Waals surface area contributed by atoms with Gasteiger partial charge in [0.15, 0.2) is 34.5 Å². The molecule has 0 spiro atoms. The van der Waals surface area contributed by atoms with Gasteiger partial charge < -0.3 is 42.6 Å². The summed E-state index contributed by atoms with van der Waals surface area (Å²) in [5.41, 5.74) is 16.8. The summed E-state index contributed by atoms with van der Waals surface area (Å²) < 4.78 is 57.5. The molecule has 0 N–H and O–H groups in total. The number of hydrogen-bond acceptors (Lipinski definition) is 9. The first kappa shape index (κ1) is 38.7. The third-order valence-corrected chi connectivity index (χ3v) is 12.7. The zero-order valence-corrected chi connectivity index (χ0v) is 35.8. The second-order valence-corrected chi connectivity index (χ2v) is 16.7. The Morgan fingerprint density at radius 3 is 1.00 bits per heavy atom. The van der Waals surface area contributed by atoms with Crippen molar-refractivity contribution in [3.05, 3.63) is 156 Å². The van der Waals surface area contributed by atoms with E-state index in [1.165, 1.54) is 22.3 Å². The van der Waals surface area contributed by atoms with Crippen molar-refractivity contribution >= 4 is 0 Å². The van der Waals surface area contributed by atoms with Gasteiger partial charge in [0.2, 0.25) is 19.9 Å². The summed E-state index contributed by atoms with van der Waals surface area (Å²) in [6.45, 7) is 8.21. The number of benzene rings is 6. The Balaban J connectivity index is 1.25. The van der Waals surface area contributed by atoms with Gasteiger partial charge >= 0.3 is 0 Å². The molecule has 0 fully saturated rings. The predicted octanol–water partition coefficient (Wildman–Crippen LogP) is 10.1. The van der Waals surface area contributed by atoms with Crippen LogP contribution in [0, 0.1) is 20.8 Å². The highest BCUT2D eigenvalue weighted by Gasteiger charge is 2.26. The Kier molecular flexibility index (Phi) is 9.85. The van der Waals surface area contributed by atoms with E-state index in [0.29, 0.717) is 73.0 Å². The predicted molar refractivity (Wildman–Crippen MR) is 232 cm³/mol. The molecule has 0 amide bonds. The lowest BCUT2D eigenvalue weighted by Crippen LogP contribution is -2.21. The molecule has 9 nitrogen and oxygen atoms in total. The molecule has 61 heavy (non-hydrogen) atoms. The molecule has 0 aromatic heterocycles. The summed E-state index contributed by atoms with van der Waals surface area (Å²) in [4.78, 5) is 0. The van der Waals surface area contributed by atoms with Gasteiger partial charge in [0.25, 0.3) is 0 Å². The highest BCUT2D eigenvalue weighted by molar-refractivity contribution is 5.59. The van der Waals surface area contributed by atoms with Gasteiger partial charge in [0, 0.05) is 6.92 Å². The molecule has 20 rings (SSSR count). The zero-order valence-electron chi connectivity index (χ0n) is 35.8. The molecule has 0 unspecified atom stereocenters. The van der Waals surface area contributed by atoms with Crippen LogP contribution in [0.4, 0.5) is 0 Å². The van der Waals surface area contributed by atoms with Gasteiger partial charge in [-0.05, 0) is 197 Å². The Labute approximate surface area is 357 Å². The standard InChI is InChI=1S/C52H50O9/c1-28-8-32-11-37-19-46-30(3)10-34(37)12-41-23-50-47(53-5)20-38(41)14-35(32)17-44(28)57-27-59-51-24-42-16-40-22-49(55-7)52(61-31(4)60-46)25-43(40)13-33-9-29(2)45(56-26-58-50)18-36(33)15-39(42)21-48(51)54-6/h8-10,17-25,31H,11-16,26-27H2,1-7H3/t31-/m0/s1. The molecule has 0 saturated carbocycles. The first-order valence-electron chi connectivity index (χ1n) is 20.9. The molecular weight excluding hydrogens is 769 g/mol. The van der Waals surface area contributed by atoms with E-state index < -0.39 is 6.29 Å². The molecule has 0 radical (unpaired) electrons. The molecule has 2 aliphatic carbocycles. The van der Waals surface area contributed by atoms with Gasteiger partial charge in [-0.25, -0.2) is 0 Å². The smallest absolute Gasteiger partial charge is 0.238 e. The van der Waals surface area contributed by atoms with Crippen LogP contribution in [-0.2, 0) is 38.5 Å². The van der Waals surface area contributed by atoms with Crippen molar-refractivity contribution in [1.29, 1.82) is 0 Å². The summed E-state index contributed by atoms with van der Waals surface area (Å²) in [6, 6.07) is 25.9. The quantitative estimate of drug-likeness (QED) is 0.173. The molecule has 18 bridgehead atoms. The maximum atomic E-state index is 6.72. The average Bonchev–Trinajstić information content (AvgIpc) is 3.33. The Hall–Kier alpha value is -6.48. The van der Waals surface area contributed by atoms with Crippen LogP contribution in [0.2, 0.25) is 0 Å². The third-order valence-electron chi connectivity index (χ3n) is 12.7. The van der Waals surface area contributed by atoms with Gasteiger partial charge in [0.05, 0.1) is 21.3 Å². The minimum atomic E-state index is -0.628. The van der Waals surface area contributed by atoms with Crippen molar-refractivity contribution in [2.24, 2.45) is 0 Å². The van der Waals surface area contributed by atoms with Crippen molar-refractivity contribution in [2.75, 3.05) is 34.9 Å². The molecule has 0 saturated heterocycles. The van der Waals surface area contributed by atoms with Gasteiger partial charge in [-0.3, -0.25) is 0 Å². The lowest BCUT2D eigenvalue weighted by Gasteiger charge is -2.23. The minimum Gasteiger partial charge on any atom is -0.493 e. The van der Waals surface area contributed by atoms with E-state index in [1.807, 2.05) is 6.92 Å². The number of aryl methyl sites for hydroxylation is 3. The van der Waals surface area contributed by atoms with Crippen LogP contribution in [-0.4, -0.2) is 41.2 Å². The summed E-state index contributed by atoms with van der Waals surface area (Å²) in [5.74, 6) is 6.05. The highest BCUT2D eigenvalue weighted by Crippen LogP contribution is 2.42. The molecule has 1 atom stereocenters. The number of methoxy groups -OCH3 is 3. The van der Waals surface area contributed by atoms with Crippen LogP contribution in [0.15, 0.2) is 72.8 Å². The van der Waals surface area contributed by atoms with Crippen molar-refractivity contribution < 1.29 is 42.6 Å². The van der Waals surface area contributed by atoms with E-state index in [4.69, 9.17) is 42.6 Å². The third kappa shape index (κ3) is 7.30. The Morgan fingerprint density at radius 1 is 0.344 bits per heavy atom. The van der Waals surface area contributed by atoms with E-state index in [1.54, 1.807) is 21.3 Å². The van der Waals surface area contributed by atoms with Crippen molar-refractivity contribution in [3.63, 3.8) is 0 Å². The fraction of sp³-hybridized carbons (Fsp3) is 0.308. The van der Waals surface area contributed by atoms with Crippen molar-refractivity contribution in [2.45, 2.75) is 72.5 Å². The van der Waals surface area contributed by atoms with Crippen LogP contribution in [0.3, 0.4) is 0 Å². The van der Waals surface area contributed by atoms with Gasteiger partial charge in [-0.1, -0.05) is 18.2 Å². The molecule has 6 aromatic rings. The fourth-order valence-corrected chi connectivity index (χ4v) is 9.44. The topological polar surface area (TPSA) is 83.1 Å². The number of hydrogen-bond donors (Lipinski definition) is 0. The normalized spacial score (nSPS) is 15.9. The largest absolute Gasteiger partial charge is 0.493 e. The maximum absolute atomic E-state index is 6.72. The lowest BCUT2D eigenvalue weighted by molar-refractivity contribution is 0.0196. The summed E-state index contributed by atoms with van der Waals surface area (Å²) >= 11 is 0. The first-order valence-corrected chi connectivity index (χ1v) is 20.9. The van der Waals surface area contributed by atoms with Crippen molar-refractivity contribution in [1.82, 2.24) is 0 Å². The zero-order chi connectivity index (χ0) is 41.9. The molecule has 12 heterocycles. The van der Waals surface area contributed by atoms with E-state index >= 15 is 0 Å². The average molecular weight is 819 g/mol. The Bertz CT molecular complexity index is 2730. The van der Waals surface area contributed by atoms with Gasteiger partial charge in [-0.2, -0.15) is 0 Å². The van der Waals surface area contributed by atoms with Crippen LogP contribution in [0.25, 0.3) is 0 Å². The molecular formula is C52H50O9. The first-order chi connectivity index (χ1) is 29.6. The van der Waals surface area contributed by atoms with Crippen LogP contribution in [0.5, 0.6) is 51.7 Å². The molecule has 12 aliphatic heterocycles. The molecule has 6 aromatic carbocycles. The van der Waals surface area contributed by atoms with Gasteiger partial charge in [-0.15, -0.1) is 0 Å². The molecule has 312 valence electrons. The Morgan fingerprint density at radius 2 is 0.607 bits per heavy atom. The monoisotopic (exact) mass is 818 g/mol. The number of rotatable bonds is 3. The summed E-state index contributed by atoms with van der Waals surface area (Å²) in [5, 5.41) is 0. The van der Waals surface area contributed by atoms with Crippen LogP contribution < -0.4 is 42.6 Å². The maximum Gasteiger partial charge on any atom is 0.238 e. The molecule has 9 heteroatoms. The van der Waals surface area contributed by atoms with Crippen LogP contribution in [0.1, 0.15) is 90.4 Å². The van der Waals surface area contributed by atoms with Gasteiger partial charge in [0.1, 0.15) is 17.2 Å². The fourth-order valence-electron chi connectivity index (χ4n) is 9.44. The highest BCUT2D eigenvalue weighted by atomic mass is 16.7. The second-order valence-electron chi connectivity index (χ2n) is 16.7. The summed E-state index contributed by atoms with van der Waals surface area (Å²) in [6.07, 6.45) is 3.34. The van der Waals surface area contributed by atoms with E-state index in [2.05, 4.69) is 93.6 Å². The SMILES string of the molecule is COc1cc2c3cc1OCOc1cc4c(cc1C)Cc1cc5c(C)cc1Cc1cc(c(OC)cc1C4)OCOc1cc(c(cc1C)Cc1cc(c(OC)cc1C3)O[C@@H](C)O5)C2.